The van der Waals surface area contributed by atoms with Crippen LogP contribution < -0.4 is 0 Å². The number of nitrogens with zero attached hydrogens (tertiary/aromatic N) is 4. The minimum atomic E-state index is 0.387. The first-order valence-corrected chi connectivity index (χ1v) is 9.91. The maximum atomic E-state index is 5.99. The van der Waals surface area contributed by atoms with E-state index >= 15 is 0 Å². The molecule has 1 aliphatic heterocycles. The van der Waals surface area contributed by atoms with Gasteiger partial charge in [-0.2, -0.15) is 5.10 Å². The molecule has 0 amide bonds. The smallest absolute Gasteiger partial charge is 0.199 e. The minimum Gasteiger partial charge on any atom is -0.303 e. The number of benzene rings is 1. The van der Waals surface area contributed by atoms with Gasteiger partial charge in [0.05, 0.1) is 6.67 Å². The van der Waals surface area contributed by atoms with Crippen molar-refractivity contribution in [3.05, 3.63) is 55.9 Å². The molecule has 130 valence electrons. The zero-order chi connectivity index (χ0) is 17.6. The van der Waals surface area contributed by atoms with Gasteiger partial charge in [0.15, 0.2) is 10.6 Å². The summed E-state index contributed by atoms with van der Waals surface area (Å²) in [5, 5.41) is 7.69. The molecule has 0 N–H and O–H groups in total. The second-order valence-corrected chi connectivity index (χ2v) is 8.15. The van der Waals surface area contributed by atoms with E-state index in [1.807, 2.05) is 51.9 Å². The van der Waals surface area contributed by atoms with Crippen LogP contribution in [0.4, 0.5) is 0 Å². The van der Waals surface area contributed by atoms with Crippen LogP contribution in [-0.2, 0) is 20.1 Å². The van der Waals surface area contributed by atoms with E-state index < -0.39 is 0 Å². The molecular formula is C18H19ClN4S2. The Morgan fingerprint density at radius 2 is 2.04 bits per heavy atom. The molecule has 2 aromatic heterocycles. The molecule has 0 fully saturated rings. The first-order chi connectivity index (χ1) is 12.0. The molecule has 1 atom stereocenters. The third kappa shape index (κ3) is 3.08. The standard InChI is InChI=1S/C18H19ClN4S2/c1-12-15-8-10-25-16(15)7-9-22(12)11-23-18(24)21(2)17(20-23)13-3-5-14(19)6-4-13/h3-6,8,10,12H,7,9,11H2,1-2H3/t12-/m0/s1. The molecular weight excluding hydrogens is 372 g/mol. The molecule has 4 rings (SSSR count). The molecule has 0 radical (unpaired) electrons. The molecule has 0 bridgehead atoms. The van der Waals surface area contributed by atoms with Crippen molar-refractivity contribution in [2.75, 3.05) is 6.54 Å². The minimum absolute atomic E-state index is 0.387. The van der Waals surface area contributed by atoms with Gasteiger partial charge in [-0.3, -0.25) is 4.90 Å². The van der Waals surface area contributed by atoms with Crippen molar-refractivity contribution in [3.8, 4) is 11.4 Å². The highest BCUT2D eigenvalue weighted by Gasteiger charge is 2.25. The van der Waals surface area contributed by atoms with Gasteiger partial charge >= 0.3 is 0 Å². The normalized spacial score (nSPS) is 17.6. The molecule has 25 heavy (non-hydrogen) atoms. The van der Waals surface area contributed by atoms with E-state index in [1.165, 1.54) is 10.4 Å². The summed E-state index contributed by atoms with van der Waals surface area (Å²) in [5.74, 6) is 0.863. The lowest BCUT2D eigenvalue weighted by atomic mass is 10.0. The highest BCUT2D eigenvalue weighted by atomic mass is 35.5. The molecule has 0 spiro atoms. The molecule has 0 saturated heterocycles. The fraction of sp³-hybridized carbons (Fsp3) is 0.333. The Bertz CT molecular complexity index is 954. The maximum absolute atomic E-state index is 5.99. The summed E-state index contributed by atoms with van der Waals surface area (Å²) in [6.45, 7) is 4.00. The van der Waals surface area contributed by atoms with Gasteiger partial charge < -0.3 is 4.57 Å². The van der Waals surface area contributed by atoms with Crippen LogP contribution in [0.3, 0.4) is 0 Å². The van der Waals surface area contributed by atoms with Crippen LogP contribution >= 0.6 is 35.2 Å². The second-order valence-electron chi connectivity index (χ2n) is 6.35. The van der Waals surface area contributed by atoms with Crippen molar-refractivity contribution >= 4 is 35.2 Å². The second kappa shape index (κ2) is 6.68. The zero-order valence-corrected chi connectivity index (χ0v) is 16.5. The highest BCUT2D eigenvalue weighted by Crippen LogP contribution is 2.33. The topological polar surface area (TPSA) is 26.0 Å². The van der Waals surface area contributed by atoms with Crippen LogP contribution in [-0.4, -0.2) is 25.8 Å². The summed E-state index contributed by atoms with van der Waals surface area (Å²) in [7, 11) is 1.96. The van der Waals surface area contributed by atoms with Gasteiger partial charge in [-0.25, -0.2) is 4.68 Å². The van der Waals surface area contributed by atoms with Gasteiger partial charge in [-0.05, 0) is 66.8 Å². The van der Waals surface area contributed by atoms with Crippen LogP contribution in [0.15, 0.2) is 35.7 Å². The molecule has 1 aliphatic rings. The maximum Gasteiger partial charge on any atom is 0.199 e. The zero-order valence-electron chi connectivity index (χ0n) is 14.1. The third-order valence-electron chi connectivity index (χ3n) is 4.86. The van der Waals surface area contributed by atoms with Crippen molar-refractivity contribution in [1.82, 2.24) is 19.2 Å². The van der Waals surface area contributed by atoms with Crippen molar-refractivity contribution in [2.24, 2.45) is 7.05 Å². The van der Waals surface area contributed by atoms with Crippen molar-refractivity contribution in [1.29, 1.82) is 0 Å². The highest BCUT2D eigenvalue weighted by molar-refractivity contribution is 7.71. The number of thiophene rings is 1. The molecule has 0 saturated carbocycles. The molecule has 7 heteroatoms. The summed E-state index contributed by atoms with van der Waals surface area (Å²) < 4.78 is 4.62. The Morgan fingerprint density at radius 1 is 1.28 bits per heavy atom. The molecule has 3 heterocycles. The molecule has 0 unspecified atom stereocenters. The van der Waals surface area contributed by atoms with E-state index in [9.17, 15) is 0 Å². The van der Waals surface area contributed by atoms with Gasteiger partial charge in [0.1, 0.15) is 0 Å². The predicted octanol–water partition coefficient (Wildman–Crippen LogP) is 4.91. The van der Waals surface area contributed by atoms with Crippen molar-refractivity contribution in [2.45, 2.75) is 26.1 Å². The van der Waals surface area contributed by atoms with Crippen LogP contribution in [0.2, 0.25) is 5.02 Å². The number of rotatable bonds is 3. The summed E-state index contributed by atoms with van der Waals surface area (Å²) in [4.78, 5) is 3.94. The fourth-order valence-corrected chi connectivity index (χ4v) is 4.63. The van der Waals surface area contributed by atoms with E-state index in [-0.39, 0.29) is 0 Å². The Labute approximate surface area is 161 Å². The van der Waals surface area contributed by atoms with E-state index in [2.05, 4.69) is 23.3 Å². The van der Waals surface area contributed by atoms with Gasteiger partial charge in [0.2, 0.25) is 0 Å². The van der Waals surface area contributed by atoms with Crippen molar-refractivity contribution < 1.29 is 0 Å². The summed E-state index contributed by atoms with van der Waals surface area (Å²) >= 11 is 13.5. The van der Waals surface area contributed by atoms with Gasteiger partial charge in [0, 0.05) is 35.1 Å². The van der Waals surface area contributed by atoms with Gasteiger partial charge in [-0.1, -0.05) is 11.6 Å². The van der Waals surface area contributed by atoms with Gasteiger partial charge in [-0.15, -0.1) is 11.3 Å². The molecule has 4 nitrogen and oxygen atoms in total. The Hall–Kier alpha value is -1.47. The van der Waals surface area contributed by atoms with Gasteiger partial charge in [0.25, 0.3) is 0 Å². The SMILES string of the molecule is C[C@H]1c2ccsc2CCN1Cn1nc(-c2ccc(Cl)cc2)n(C)c1=S. The lowest BCUT2D eigenvalue weighted by molar-refractivity contribution is 0.144. The Morgan fingerprint density at radius 3 is 2.80 bits per heavy atom. The van der Waals surface area contributed by atoms with Crippen molar-refractivity contribution in [3.63, 3.8) is 0 Å². The molecule has 1 aromatic carbocycles. The number of fused-ring (bicyclic) bond motifs is 1. The predicted molar refractivity (Wildman–Crippen MR) is 106 cm³/mol. The number of hydrogen-bond donors (Lipinski definition) is 0. The number of aromatic nitrogens is 3. The summed E-state index contributed by atoms with van der Waals surface area (Å²) in [6.07, 6.45) is 1.10. The Kier molecular flexibility index (Phi) is 4.54. The van der Waals surface area contributed by atoms with Crippen LogP contribution in [0, 0.1) is 4.77 Å². The monoisotopic (exact) mass is 390 g/mol. The summed E-state index contributed by atoms with van der Waals surface area (Å²) in [5.41, 5.74) is 2.46. The van der Waals surface area contributed by atoms with Crippen LogP contribution in [0.5, 0.6) is 0 Å². The average Bonchev–Trinajstić information content (AvgIpc) is 3.19. The number of halogens is 1. The lowest BCUT2D eigenvalue weighted by Gasteiger charge is -2.33. The van der Waals surface area contributed by atoms with E-state index in [0.29, 0.717) is 12.7 Å². The average molecular weight is 391 g/mol. The summed E-state index contributed by atoms with van der Waals surface area (Å²) in [6, 6.07) is 10.3. The largest absolute Gasteiger partial charge is 0.303 e. The molecule has 0 aliphatic carbocycles. The first kappa shape index (κ1) is 17.0. The Balaban J connectivity index is 1.63. The van der Waals surface area contributed by atoms with E-state index in [0.717, 1.165) is 34.1 Å². The number of hydrogen-bond acceptors (Lipinski definition) is 4. The van der Waals surface area contributed by atoms with Crippen LogP contribution in [0.25, 0.3) is 11.4 Å². The van der Waals surface area contributed by atoms with Crippen LogP contribution in [0.1, 0.15) is 23.4 Å². The lowest BCUT2D eigenvalue weighted by Crippen LogP contribution is -2.35. The quantitative estimate of drug-likeness (QED) is 0.594. The first-order valence-electron chi connectivity index (χ1n) is 8.24. The third-order valence-corrected chi connectivity index (χ3v) is 6.60. The molecule has 3 aromatic rings. The van der Waals surface area contributed by atoms with E-state index in [4.69, 9.17) is 28.9 Å². The fourth-order valence-electron chi connectivity index (χ4n) is 3.36. The van der Waals surface area contributed by atoms with E-state index in [1.54, 1.807) is 0 Å².